The van der Waals surface area contributed by atoms with Crippen LogP contribution < -0.4 is 11.1 Å². The van der Waals surface area contributed by atoms with Crippen LogP contribution in [0.1, 0.15) is 26.2 Å². The molecule has 100 valence electrons. The zero-order valence-corrected chi connectivity index (χ0v) is 11.1. The molecule has 1 aromatic carbocycles. The molecule has 1 unspecified atom stereocenters. The molecule has 0 aromatic heterocycles. The van der Waals surface area contributed by atoms with E-state index in [0.29, 0.717) is 17.3 Å². The summed E-state index contributed by atoms with van der Waals surface area (Å²) in [5.41, 5.74) is 6.11. The summed E-state index contributed by atoms with van der Waals surface area (Å²) in [6.45, 7) is 2.53. The Morgan fingerprint density at radius 2 is 2.28 bits per heavy atom. The van der Waals surface area contributed by atoms with Crippen molar-refractivity contribution in [3.05, 3.63) is 33.3 Å². The molecule has 3 N–H and O–H groups in total. The molecule has 0 saturated carbocycles. The Morgan fingerprint density at radius 1 is 1.56 bits per heavy atom. The number of anilines is 1. The Balaban J connectivity index is 2.86. The maximum atomic E-state index is 10.9. The summed E-state index contributed by atoms with van der Waals surface area (Å²) in [6.07, 6.45) is 2.98. The van der Waals surface area contributed by atoms with Gasteiger partial charge in [-0.3, -0.25) is 10.1 Å². The van der Waals surface area contributed by atoms with Gasteiger partial charge in [-0.25, -0.2) is 0 Å². The molecule has 1 atom stereocenters. The zero-order chi connectivity index (χ0) is 13.5. The summed E-state index contributed by atoms with van der Waals surface area (Å²) < 4.78 is 0. The number of hydrogen-bond acceptors (Lipinski definition) is 4. The van der Waals surface area contributed by atoms with Gasteiger partial charge in [0, 0.05) is 23.7 Å². The number of nitrogens with one attached hydrogen (secondary N) is 1. The summed E-state index contributed by atoms with van der Waals surface area (Å²) in [4.78, 5) is 10.5. The van der Waals surface area contributed by atoms with Crippen LogP contribution in [0.15, 0.2) is 18.2 Å². The first kappa shape index (κ1) is 14.7. The second-order valence-corrected chi connectivity index (χ2v) is 4.57. The number of nitro benzene ring substituents is 1. The lowest BCUT2D eigenvalue weighted by molar-refractivity contribution is -0.384. The molecule has 0 aliphatic heterocycles. The molecule has 0 bridgehead atoms. The van der Waals surface area contributed by atoms with Crippen molar-refractivity contribution in [1.29, 1.82) is 0 Å². The minimum atomic E-state index is -0.425. The fourth-order valence-corrected chi connectivity index (χ4v) is 1.87. The molecule has 6 heteroatoms. The summed E-state index contributed by atoms with van der Waals surface area (Å²) in [6, 6.07) is 4.50. The van der Waals surface area contributed by atoms with E-state index in [9.17, 15) is 10.1 Å². The van der Waals surface area contributed by atoms with E-state index in [1.165, 1.54) is 12.1 Å². The van der Waals surface area contributed by atoms with Crippen molar-refractivity contribution in [2.75, 3.05) is 11.9 Å². The van der Waals surface area contributed by atoms with E-state index in [1.54, 1.807) is 6.07 Å². The van der Waals surface area contributed by atoms with Crippen LogP contribution in [0.5, 0.6) is 0 Å². The number of benzene rings is 1. The van der Waals surface area contributed by atoms with E-state index in [2.05, 4.69) is 12.2 Å². The minimum Gasteiger partial charge on any atom is -0.375 e. The molecule has 0 aliphatic rings. The Hall–Kier alpha value is -1.33. The monoisotopic (exact) mass is 271 g/mol. The van der Waals surface area contributed by atoms with E-state index in [0.717, 1.165) is 19.3 Å². The van der Waals surface area contributed by atoms with Crippen LogP contribution in [0.2, 0.25) is 5.02 Å². The Kier molecular flexibility index (Phi) is 5.88. The molecule has 5 nitrogen and oxygen atoms in total. The molecule has 0 radical (unpaired) electrons. The summed E-state index contributed by atoms with van der Waals surface area (Å²) in [7, 11) is 0. The predicted octanol–water partition coefficient (Wildman–Crippen LogP) is 3.18. The van der Waals surface area contributed by atoms with Gasteiger partial charge in [0.05, 0.1) is 4.92 Å². The maximum Gasteiger partial charge on any atom is 0.292 e. The van der Waals surface area contributed by atoms with Gasteiger partial charge in [0.15, 0.2) is 0 Å². The van der Waals surface area contributed by atoms with Crippen LogP contribution >= 0.6 is 11.6 Å². The van der Waals surface area contributed by atoms with E-state index in [-0.39, 0.29) is 11.7 Å². The molecule has 0 saturated heterocycles. The fourth-order valence-electron chi connectivity index (χ4n) is 1.70. The third-order valence-electron chi connectivity index (χ3n) is 2.71. The molecule has 0 fully saturated rings. The summed E-state index contributed by atoms with van der Waals surface area (Å²) >= 11 is 5.86. The normalized spacial score (nSPS) is 12.2. The molecular formula is C12H18ClN3O2. The predicted molar refractivity (Wildman–Crippen MR) is 74.1 cm³/mol. The number of halogens is 1. The SMILES string of the molecule is CCCCC(CN)Nc1cc(Cl)ccc1[N+](=O)[O-]. The number of nitrogens with zero attached hydrogens (tertiary/aromatic N) is 1. The van der Waals surface area contributed by atoms with Crippen molar-refractivity contribution in [3.63, 3.8) is 0 Å². The molecule has 18 heavy (non-hydrogen) atoms. The van der Waals surface area contributed by atoms with Gasteiger partial charge in [-0.15, -0.1) is 0 Å². The van der Waals surface area contributed by atoms with Gasteiger partial charge in [-0.2, -0.15) is 0 Å². The van der Waals surface area contributed by atoms with Crippen LogP contribution in [0, 0.1) is 10.1 Å². The average molecular weight is 272 g/mol. The van der Waals surface area contributed by atoms with Crippen molar-refractivity contribution in [2.24, 2.45) is 5.73 Å². The topological polar surface area (TPSA) is 81.2 Å². The largest absolute Gasteiger partial charge is 0.375 e. The number of unbranched alkanes of at least 4 members (excludes halogenated alkanes) is 1. The standard InChI is InChI=1S/C12H18ClN3O2/c1-2-3-4-10(8-14)15-11-7-9(13)5-6-12(11)16(17)18/h5-7,10,15H,2-4,8,14H2,1H3. The zero-order valence-electron chi connectivity index (χ0n) is 10.4. The van der Waals surface area contributed by atoms with Crippen molar-refractivity contribution in [1.82, 2.24) is 0 Å². The lowest BCUT2D eigenvalue weighted by atomic mass is 10.1. The van der Waals surface area contributed by atoms with E-state index >= 15 is 0 Å². The summed E-state index contributed by atoms with van der Waals surface area (Å²) in [5.74, 6) is 0. The van der Waals surface area contributed by atoms with Crippen LogP contribution in [-0.4, -0.2) is 17.5 Å². The Labute approximate surface area is 111 Å². The molecule has 1 aromatic rings. The lowest BCUT2D eigenvalue weighted by Crippen LogP contribution is -2.29. The average Bonchev–Trinajstić information content (AvgIpc) is 2.34. The van der Waals surface area contributed by atoms with Crippen molar-refractivity contribution in [3.8, 4) is 0 Å². The van der Waals surface area contributed by atoms with E-state index in [1.807, 2.05) is 0 Å². The molecule has 0 spiro atoms. The first-order chi connectivity index (χ1) is 8.58. The molecule has 0 aliphatic carbocycles. The lowest BCUT2D eigenvalue weighted by Gasteiger charge is -2.17. The number of rotatable bonds is 7. The number of nitro groups is 1. The fraction of sp³-hybridized carbons (Fsp3) is 0.500. The van der Waals surface area contributed by atoms with Crippen LogP contribution in [0.3, 0.4) is 0 Å². The van der Waals surface area contributed by atoms with Gasteiger partial charge in [-0.1, -0.05) is 31.4 Å². The molecular weight excluding hydrogens is 254 g/mol. The smallest absolute Gasteiger partial charge is 0.292 e. The second-order valence-electron chi connectivity index (χ2n) is 4.14. The second kappa shape index (κ2) is 7.18. The molecule has 1 rings (SSSR count). The number of hydrogen-bond donors (Lipinski definition) is 2. The van der Waals surface area contributed by atoms with Crippen LogP contribution in [0.4, 0.5) is 11.4 Å². The first-order valence-corrected chi connectivity index (χ1v) is 6.36. The van der Waals surface area contributed by atoms with Crippen molar-refractivity contribution >= 4 is 23.0 Å². The maximum absolute atomic E-state index is 10.9. The van der Waals surface area contributed by atoms with Crippen LogP contribution in [0.25, 0.3) is 0 Å². The molecule has 0 heterocycles. The van der Waals surface area contributed by atoms with Gasteiger partial charge in [-0.05, 0) is 18.6 Å². The Bertz CT molecular complexity index is 412. The Morgan fingerprint density at radius 3 is 2.83 bits per heavy atom. The quantitative estimate of drug-likeness (QED) is 0.589. The van der Waals surface area contributed by atoms with E-state index in [4.69, 9.17) is 17.3 Å². The highest BCUT2D eigenvalue weighted by Crippen LogP contribution is 2.28. The minimum absolute atomic E-state index is 0.0225. The van der Waals surface area contributed by atoms with Crippen molar-refractivity contribution < 1.29 is 4.92 Å². The summed E-state index contributed by atoms with van der Waals surface area (Å²) in [5, 5.41) is 14.5. The van der Waals surface area contributed by atoms with Crippen LogP contribution in [-0.2, 0) is 0 Å². The van der Waals surface area contributed by atoms with Gasteiger partial charge in [0.1, 0.15) is 5.69 Å². The highest BCUT2D eigenvalue weighted by atomic mass is 35.5. The third kappa shape index (κ3) is 4.16. The highest BCUT2D eigenvalue weighted by Gasteiger charge is 2.16. The van der Waals surface area contributed by atoms with E-state index < -0.39 is 4.92 Å². The van der Waals surface area contributed by atoms with Crippen molar-refractivity contribution in [2.45, 2.75) is 32.2 Å². The van der Waals surface area contributed by atoms with Gasteiger partial charge >= 0.3 is 0 Å². The molecule has 0 amide bonds. The highest BCUT2D eigenvalue weighted by molar-refractivity contribution is 6.31. The third-order valence-corrected chi connectivity index (χ3v) is 2.94. The van der Waals surface area contributed by atoms with Gasteiger partial charge in [0.2, 0.25) is 0 Å². The van der Waals surface area contributed by atoms with Gasteiger partial charge < -0.3 is 11.1 Å². The van der Waals surface area contributed by atoms with Gasteiger partial charge in [0.25, 0.3) is 5.69 Å². The number of nitrogens with two attached hydrogens (primary N) is 1. The first-order valence-electron chi connectivity index (χ1n) is 5.99.